The summed E-state index contributed by atoms with van der Waals surface area (Å²) in [5.74, 6) is -0.428. The highest BCUT2D eigenvalue weighted by molar-refractivity contribution is 6.34. The monoisotopic (exact) mass is 541 g/mol. The topological polar surface area (TPSA) is 98.1 Å². The summed E-state index contributed by atoms with van der Waals surface area (Å²) in [5.41, 5.74) is 3.72. The van der Waals surface area contributed by atoms with E-state index in [-0.39, 0.29) is 24.2 Å². The van der Waals surface area contributed by atoms with Crippen LogP contribution in [0.4, 0.5) is 5.69 Å². The van der Waals surface area contributed by atoms with Crippen LogP contribution in [0.3, 0.4) is 0 Å². The number of nitrogens with zero attached hydrogens (tertiary/aromatic N) is 3. The molecule has 8 nitrogen and oxygen atoms in total. The third-order valence-electron chi connectivity index (χ3n) is 5.61. The molecule has 0 radical (unpaired) electrons. The molecule has 0 spiro atoms. The maximum atomic E-state index is 13.2. The highest BCUT2D eigenvalue weighted by atomic mass is 35.5. The van der Waals surface area contributed by atoms with Gasteiger partial charge in [0, 0.05) is 30.7 Å². The van der Waals surface area contributed by atoms with Gasteiger partial charge in [-0.2, -0.15) is 5.10 Å². The molecule has 0 saturated heterocycles. The number of hydrogen-bond donors (Lipinski definition) is 2. The summed E-state index contributed by atoms with van der Waals surface area (Å²) in [6.07, 6.45) is 5.17. The largest absolute Gasteiger partial charge is 0.380 e. The number of carbonyl (C=O) groups excluding carboxylic acids is 2. The first kappa shape index (κ1) is 28.1. The smallest absolute Gasteiger partial charge is 0.257 e. The molecule has 0 aliphatic rings. The number of amides is 2. The van der Waals surface area contributed by atoms with Crippen molar-refractivity contribution in [3.63, 3.8) is 0 Å². The van der Waals surface area contributed by atoms with Crippen LogP contribution in [0, 0.1) is 5.41 Å². The molecule has 194 valence electrons. The molecular formula is C27H29Cl2N5O3. The van der Waals surface area contributed by atoms with Gasteiger partial charge in [0.25, 0.3) is 5.91 Å². The fourth-order valence-corrected chi connectivity index (χ4v) is 3.90. The number of anilines is 1. The van der Waals surface area contributed by atoms with Crippen molar-refractivity contribution in [2.75, 3.05) is 12.4 Å². The normalized spacial score (nSPS) is 11.2. The number of benzene rings is 2. The van der Waals surface area contributed by atoms with Gasteiger partial charge < -0.3 is 15.4 Å². The van der Waals surface area contributed by atoms with E-state index in [1.807, 2.05) is 45.0 Å². The second-order valence-corrected chi connectivity index (χ2v) is 9.89. The molecule has 0 unspecified atom stereocenters. The first-order chi connectivity index (χ1) is 17.2. The lowest BCUT2D eigenvalue weighted by Crippen LogP contribution is -2.34. The maximum absolute atomic E-state index is 13.2. The Kier molecular flexibility index (Phi) is 8.91. The Hall–Kier alpha value is -3.46. The van der Waals surface area contributed by atoms with E-state index in [1.54, 1.807) is 48.6 Å². The average molecular weight is 542 g/mol. The average Bonchev–Trinajstić information content (AvgIpc) is 3.28. The molecule has 0 aliphatic heterocycles. The molecule has 2 heterocycles. The molecule has 0 saturated carbocycles. The van der Waals surface area contributed by atoms with Crippen LogP contribution < -0.4 is 10.6 Å². The number of halogens is 2. The van der Waals surface area contributed by atoms with Crippen LogP contribution in [-0.4, -0.2) is 33.7 Å². The number of aromatic nitrogens is 3. The summed E-state index contributed by atoms with van der Waals surface area (Å²) in [7, 11) is 1.63. The molecule has 0 aliphatic carbocycles. The van der Waals surface area contributed by atoms with Crippen LogP contribution in [-0.2, 0) is 22.7 Å². The van der Waals surface area contributed by atoms with Crippen LogP contribution in [0.25, 0.3) is 16.6 Å². The number of rotatable bonds is 7. The van der Waals surface area contributed by atoms with Crippen molar-refractivity contribution in [3.05, 3.63) is 82.8 Å². The van der Waals surface area contributed by atoms with Crippen molar-refractivity contribution in [3.8, 4) is 5.69 Å². The molecule has 0 atom stereocenters. The van der Waals surface area contributed by atoms with Gasteiger partial charge in [-0.1, -0.05) is 44.5 Å². The number of pyridine rings is 1. The Balaban J connectivity index is 0.00000380. The zero-order valence-electron chi connectivity index (χ0n) is 21.0. The number of methoxy groups -OCH3 is 1. The van der Waals surface area contributed by atoms with E-state index in [9.17, 15) is 9.59 Å². The van der Waals surface area contributed by atoms with Gasteiger partial charge in [-0.15, -0.1) is 12.4 Å². The molecule has 2 aromatic heterocycles. The minimum atomic E-state index is -0.503. The molecule has 0 bridgehead atoms. The minimum Gasteiger partial charge on any atom is -0.380 e. The Morgan fingerprint density at radius 2 is 1.84 bits per heavy atom. The Labute approximate surface area is 226 Å². The van der Waals surface area contributed by atoms with Crippen molar-refractivity contribution in [1.82, 2.24) is 20.1 Å². The van der Waals surface area contributed by atoms with Crippen LogP contribution >= 0.6 is 24.0 Å². The van der Waals surface area contributed by atoms with Gasteiger partial charge in [0.05, 0.1) is 46.5 Å². The highest BCUT2D eigenvalue weighted by Crippen LogP contribution is 2.27. The van der Waals surface area contributed by atoms with Crippen LogP contribution in [0.2, 0.25) is 5.02 Å². The molecule has 2 N–H and O–H groups in total. The van der Waals surface area contributed by atoms with Gasteiger partial charge in [-0.25, -0.2) is 4.68 Å². The molecule has 2 aromatic carbocycles. The lowest BCUT2D eigenvalue weighted by Gasteiger charge is -2.18. The van der Waals surface area contributed by atoms with E-state index in [2.05, 4.69) is 20.7 Å². The summed E-state index contributed by atoms with van der Waals surface area (Å²) in [6.45, 7) is 6.28. The van der Waals surface area contributed by atoms with Crippen molar-refractivity contribution in [1.29, 1.82) is 0 Å². The van der Waals surface area contributed by atoms with Crippen LogP contribution in [0.1, 0.15) is 42.3 Å². The fourth-order valence-electron chi connectivity index (χ4n) is 3.69. The lowest BCUT2D eigenvalue weighted by atomic mass is 9.95. The minimum absolute atomic E-state index is 0. The Morgan fingerprint density at radius 3 is 2.57 bits per heavy atom. The molecule has 10 heteroatoms. The molecule has 37 heavy (non-hydrogen) atoms. The zero-order valence-corrected chi connectivity index (χ0v) is 22.6. The molecular weight excluding hydrogens is 513 g/mol. The summed E-state index contributed by atoms with van der Waals surface area (Å²) in [5, 5.41) is 11.5. The third-order valence-corrected chi connectivity index (χ3v) is 5.94. The summed E-state index contributed by atoms with van der Waals surface area (Å²) in [6, 6.07) is 12.7. The predicted octanol–water partition coefficient (Wildman–Crippen LogP) is 5.56. The van der Waals surface area contributed by atoms with Crippen LogP contribution in [0.15, 0.2) is 61.1 Å². The highest BCUT2D eigenvalue weighted by Gasteiger charge is 2.21. The second kappa shape index (κ2) is 11.7. The number of fused-ring (bicyclic) bond motifs is 1. The van der Waals surface area contributed by atoms with E-state index in [0.717, 1.165) is 27.7 Å². The molecule has 2 amide bonds. The quantitative estimate of drug-likeness (QED) is 0.319. The molecule has 0 fully saturated rings. The van der Waals surface area contributed by atoms with Gasteiger partial charge in [-0.3, -0.25) is 14.6 Å². The van der Waals surface area contributed by atoms with Crippen molar-refractivity contribution in [2.45, 2.75) is 33.9 Å². The Bertz CT molecular complexity index is 1430. The van der Waals surface area contributed by atoms with Crippen molar-refractivity contribution >= 4 is 52.4 Å². The first-order valence-electron chi connectivity index (χ1n) is 11.5. The first-order valence-corrected chi connectivity index (χ1v) is 11.8. The van der Waals surface area contributed by atoms with Gasteiger partial charge in [0.15, 0.2) is 0 Å². The van der Waals surface area contributed by atoms with Gasteiger partial charge in [-0.05, 0) is 41.5 Å². The van der Waals surface area contributed by atoms with Crippen molar-refractivity contribution < 1.29 is 14.3 Å². The third kappa shape index (κ3) is 6.46. The lowest BCUT2D eigenvalue weighted by molar-refractivity contribution is -0.128. The maximum Gasteiger partial charge on any atom is 0.257 e. The number of hydrogen-bond acceptors (Lipinski definition) is 5. The SMILES string of the molecule is COCc1cncc(-n2ncc3c(NC(=O)c4cc(CNC(=O)C(C)(C)C)ccc4Cl)cccc32)c1.Cl. The second-order valence-electron chi connectivity index (χ2n) is 9.48. The van der Waals surface area contributed by atoms with E-state index in [0.29, 0.717) is 29.4 Å². The van der Waals surface area contributed by atoms with E-state index < -0.39 is 5.41 Å². The number of nitrogens with one attached hydrogen (secondary N) is 2. The fraction of sp³-hybridized carbons (Fsp3) is 0.259. The van der Waals surface area contributed by atoms with Crippen molar-refractivity contribution in [2.24, 2.45) is 5.41 Å². The van der Waals surface area contributed by atoms with Gasteiger partial charge in [0.2, 0.25) is 5.91 Å². The molecule has 4 rings (SSSR count). The summed E-state index contributed by atoms with van der Waals surface area (Å²) < 4.78 is 6.97. The predicted molar refractivity (Wildman–Crippen MR) is 148 cm³/mol. The van der Waals surface area contributed by atoms with E-state index >= 15 is 0 Å². The standard InChI is InChI=1S/C27H28ClN5O3.ClH/c1-27(2,3)26(35)30-13-17-8-9-22(28)20(11-17)25(34)32-23-6-5-7-24-21(23)15-31-33(24)19-10-18(16-36-4)12-29-14-19;/h5-12,14-15H,13,16H2,1-4H3,(H,30,35)(H,32,34);1H. The zero-order chi connectivity index (χ0) is 25.9. The van der Waals surface area contributed by atoms with Crippen LogP contribution in [0.5, 0.6) is 0 Å². The van der Waals surface area contributed by atoms with Gasteiger partial charge in [0.1, 0.15) is 0 Å². The number of ether oxygens (including phenoxy) is 1. The van der Waals surface area contributed by atoms with Gasteiger partial charge >= 0.3 is 0 Å². The summed E-state index contributed by atoms with van der Waals surface area (Å²) >= 11 is 6.35. The van der Waals surface area contributed by atoms with E-state index in [4.69, 9.17) is 16.3 Å². The Morgan fingerprint density at radius 1 is 1.05 bits per heavy atom. The van der Waals surface area contributed by atoms with E-state index in [1.165, 1.54) is 0 Å². The summed E-state index contributed by atoms with van der Waals surface area (Å²) in [4.78, 5) is 29.7. The molecule has 4 aromatic rings. The number of carbonyl (C=O) groups is 2.